The first-order valence-corrected chi connectivity index (χ1v) is 7.07. The van der Waals surface area contributed by atoms with Gasteiger partial charge in [0, 0.05) is 18.1 Å². The van der Waals surface area contributed by atoms with Crippen molar-refractivity contribution < 1.29 is 9.90 Å². The van der Waals surface area contributed by atoms with E-state index in [1.807, 2.05) is 29.2 Å². The van der Waals surface area contributed by atoms with E-state index in [1.54, 1.807) is 12.3 Å². The highest BCUT2D eigenvalue weighted by molar-refractivity contribution is 6.06. The first-order chi connectivity index (χ1) is 9.81. The van der Waals surface area contributed by atoms with Crippen LogP contribution in [0.1, 0.15) is 29.6 Å². The average Bonchev–Trinajstić information content (AvgIpc) is 2.53. The quantitative estimate of drug-likeness (QED) is 0.910. The molecule has 1 aromatic carbocycles. The van der Waals surface area contributed by atoms with Crippen LogP contribution in [-0.2, 0) is 0 Å². The van der Waals surface area contributed by atoms with Crippen molar-refractivity contribution in [3.05, 3.63) is 42.1 Å². The third-order valence-electron chi connectivity index (χ3n) is 3.98. The third-order valence-corrected chi connectivity index (χ3v) is 3.98. The van der Waals surface area contributed by atoms with Gasteiger partial charge in [-0.05, 0) is 31.4 Å². The molecule has 1 unspecified atom stereocenters. The Morgan fingerprint density at radius 1 is 1.30 bits per heavy atom. The molecular formula is C16H18N2O2. The highest BCUT2D eigenvalue weighted by atomic mass is 16.3. The summed E-state index contributed by atoms with van der Waals surface area (Å²) in [5.41, 5.74) is 1.51. The van der Waals surface area contributed by atoms with Gasteiger partial charge in [-0.25, -0.2) is 0 Å². The number of aromatic nitrogens is 1. The molecule has 0 radical (unpaired) electrons. The molecule has 1 aliphatic rings. The number of amides is 1. The van der Waals surface area contributed by atoms with Crippen LogP contribution in [0.15, 0.2) is 36.5 Å². The second kappa shape index (κ2) is 5.59. The number of benzene rings is 1. The topological polar surface area (TPSA) is 53.4 Å². The lowest BCUT2D eigenvalue weighted by Crippen LogP contribution is -2.45. The van der Waals surface area contributed by atoms with Crippen molar-refractivity contribution >= 4 is 16.8 Å². The van der Waals surface area contributed by atoms with Gasteiger partial charge in [0.15, 0.2) is 0 Å². The van der Waals surface area contributed by atoms with Crippen molar-refractivity contribution in [3.8, 4) is 0 Å². The lowest BCUT2D eigenvalue weighted by molar-refractivity contribution is 0.0505. The van der Waals surface area contributed by atoms with Crippen LogP contribution in [0.2, 0.25) is 0 Å². The van der Waals surface area contributed by atoms with Gasteiger partial charge in [0.25, 0.3) is 5.91 Å². The van der Waals surface area contributed by atoms with E-state index in [9.17, 15) is 9.90 Å². The predicted molar refractivity (Wildman–Crippen MR) is 77.5 cm³/mol. The number of likely N-dealkylation sites (tertiary alicyclic amines) is 1. The minimum absolute atomic E-state index is 0.00218. The number of nitrogens with zero attached hydrogens (tertiary/aromatic N) is 2. The number of aliphatic hydroxyl groups excluding tert-OH is 1. The minimum atomic E-state index is -0.0526. The van der Waals surface area contributed by atoms with E-state index in [0.717, 1.165) is 36.7 Å². The monoisotopic (exact) mass is 270 g/mol. The summed E-state index contributed by atoms with van der Waals surface area (Å²) in [6.45, 7) is 0.759. The van der Waals surface area contributed by atoms with Crippen LogP contribution < -0.4 is 0 Å². The maximum atomic E-state index is 12.8. The maximum Gasteiger partial charge on any atom is 0.254 e. The van der Waals surface area contributed by atoms with Gasteiger partial charge in [0.05, 0.1) is 23.7 Å². The number of hydrogen-bond acceptors (Lipinski definition) is 3. The lowest BCUT2D eigenvalue weighted by Gasteiger charge is -2.34. The molecule has 1 aromatic heterocycles. The van der Waals surface area contributed by atoms with Crippen molar-refractivity contribution in [2.45, 2.75) is 25.3 Å². The Labute approximate surface area is 118 Å². The van der Waals surface area contributed by atoms with Crippen LogP contribution in [0.5, 0.6) is 0 Å². The number of aliphatic hydroxyl groups is 1. The second-order valence-corrected chi connectivity index (χ2v) is 5.21. The van der Waals surface area contributed by atoms with Gasteiger partial charge in [0.2, 0.25) is 0 Å². The van der Waals surface area contributed by atoms with Gasteiger partial charge in [-0.3, -0.25) is 9.78 Å². The van der Waals surface area contributed by atoms with Gasteiger partial charge in [-0.2, -0.15) is 0 Å². The molecule has 104 valence electrons. The summed E-state index contributed by atoms with van der Waals surface area (Å²) >= 11 is 0. The first-order valence-electron chi connectivity index (χ1n) is 7.07. The van der Waals surface area contributed by atoms with E-state index in [-0.39, 0.29) is 18.6 Å². The smallest absolute Gasteiger partial charge is 0.254 e. The van der Waals surface area contributed by atoms with E-state index >= 15 is 0 Å². The van der Waals surface area contributed by atoms with E-state index in [2.05, 4.69) is 4.98 Å². The number of para-hydroxylation sites is 1. The summed E-state index contributed by atoms with van der Waals surface area (Å²) in [5.74, 6) is 0.00218. The van der Waals surface area contributed by atoms with Crippen LogP contribution in [0.25, 0.3) is 10.9 Å². The summed E-state index contributed by atoms with van der Waals surface area (Å²) in [7, 11) is 0. The number of pyridine rings is 1. The number of hydrogen-bond donors (Lipinski definition) is 1. The molecule has 0 spiro atoms. The Morgan fingerprint density at radius 2 is 2.15 bits per heavy atom. The average molecular weight is 270 g/mol. The van der Waals surface area contributed by atoms with Crippen molar-refractivity contribution in [2.75, 3.05) is 13.2 Å². The Morgan fingerprint density at radius 3 is 3.00 bits per heavy atom. The minimum Gasteiger partial charge on any atom is -0.394 e. The fourth-order valence-electron chi connectivity index (χ4n) is 2.89. The molecule has 1 fully saturated rings. The summed E-state index contributed by atoms with van der Waals surface area (Å²) < 4.78 is 0. The molecule has 1 atom stereocenters. The number of rotatable bonds is 2. The molecule has 1 aliphatic heterocycles. The molecule has 0 aliphatic carbocycles. The molecule has 3 rings (SSSR count). The van der Waals surface area contributed by atoms with Crippen LogP contribution in [-0.4, -0.2) is 40.1 Å². The van der Waals surface area contributed by atoms with E-state index in [4.69, 9.17) is 0 Å². The summed E-state index contributed by atoms with van der Waals surface area (Å²) in [4.78, 5) is 18.9. The summed E-state index contributed by atoms with van der Waals surface area (Å²) in [6.07, 6.45) is 4.63. The molecule has 0 saturated carbocycles. The zero-order valence-electron chi connectivity index (χ0n) is 11.3. The Balaban J connectivity index is 1.99. The lowest BCUT2D eigenvalue weighted by atomic mass is 10.0. The van der Waals surface area contributed by atoms with Gasteiger partial charge >= 0.3 is 0 Å². The van der Waals surface area contributed by atoms with Crippen LogP contribution in [0.3, 0.4) is 0 Å². The van der Waals surface area contributed by atoms with Gasteiger partial charge in [-0.15, -0.1) is 0 Å². The molecule has 0 bridgehead atoms. The van der Waals surface area contributed by atoms with Crippen LogP contribution in [0, 0.1) is 0 Å². The third kappa shape index (κ3) is 2.27. The number of carbonyl (C=O) groups is 1. The van der Waals surface area contributed by atoms with Crippen LogP contribution in [0.4, 0.5) is 0 Å². The van der Waals surface area contributed by atoms with Crippen LogP contribution >= 0.6 is 0 Å². The fourth-order valence-corrected chi connectivity index (χ4v) is 2.89. The molecular weight excluding hydrogens is 252 g/mol. The predicted octanol–water partition coefficient (Wildman–Crippen LogP) is 2.22. The molecule has 1 N–H and O–H groups in total. The maximum absolute atomic E-state index is 12.8. The van der Waals surface area contributed by atoms with Gasteiger partial charge in [-0.1, -0.05) is 18.2 Å². The van der Waals surface area contributed by atoms with Crippen molar-refractivity contribution in [1.82, 2.24) is 9.88 Å². The van der Waals surface area contributed by atoms with Crippen molar-refractivity contribution in [3.63, 3.8) is 0 Å². The van der Waals surface area contributed by atoms with Crippen molar-refractivity contribution in [1.29, 1.82) is 0 Å². The number of carbonyl (C=O) groups excluding carboxylic acids is 1. The summed E-state index contributed by atoms with van der Waals surface area (Å²) in [5, 5.41) is 10.3. The van der Waals surface area contributed by atoms with E-state index in [1.165, 1.54) is 0 Å². The second-order valence-electron chi connectivity index (χ2n) is 5.21. The Hall–Kier alpha value is -1.94. The van der Waals surface area contributed by atoms with Crippen molar-refractivity contribution in [2.24, 2.45) is 0 Å². The fraction of sp³-hybridized carbons (Fsp3) is 0.375. The first kappa shape index (κ1) is 13.1. The Bertz CT molecular complexity index is 621. The molecule has 2 aromatic rings. The normalized spacial score (nSPS) is 19.2. The number of piperidine rings is 1. The molecule has 4 heteroatoms. The molecule has 4 nitrogen and oxygen atoms in total. The van der Waals surface area contributed by atoms with E-state index < -0.39 is 0 Å². The zero-order valence-corrected chi connectivity index (χ0v) is 11.3. The van der Waals surface area contributed by atoms with E-state index in [0.29, 0.717) is 5.56 Å². The Kier molecular flexibility index (Phi) is 3.65. The molecule has 20 heavy (non-hydrogen) atoms. The highest BCUT2D eigenvalue weighted by Gasteiger charge is 2.27. The SMILES string of the molecule is O=C(c1ccnc2ccccc12)N1CCCCC1CO. The standard InChI is InChI=1S/C16H18N2O2/c19-11-12-5-3-4-10-18(12)16(20)14-8-9-17-15-7-2-1-6-13(14)15/h1-2,6-9,12,19H,3-5,10-11H2. The number of fused-ring (bicyclic) bond motifs is 1. The summed E-state index contributed by atoms with van der Waals surface area (Å²) in [6, 6.07) is 9.39. The highest BCUT2D eigenvalue weighted by Crippen LogP contribution is 2.23. The zero-order chi connectivity index (χ0) is 13.9. The molecule has 2 heterocycles. The van der Waals surface area contributed by atoms with Gasteiger partial charge in [0.1, 0.15) is 0 Å². The molecule has 1 saturated heterocycles. The van der Waals surface area contributed by atoms with Gasteiger partial charge < -0.3 is 10.0 Å². The molecule has 1 amide bonds. The largest absolute Gasteiger partial charge is 0.394 e.